The number of hydrogen-bond acceptors (Lipinski definition) is 4. The average molecular weight is 405 g/mol. The summed E-state index contributed by atoms with van der Waals surface area (Å²) in [7, 11) is 0. The van der Waals surface area contributed by atoms with Gasteiger partial charge in [0.05, 0.1) is 25.2 Å². The number of nitrogens with one attached hydrogen (secondary N) is 1. The molecule has 0 spiro atoms. The summed E-state index contributed by atoms with van der Waals surface area (Å²) in [6.45, 7) is 0.301. The number of nitriles is 1. The van der Waals surface area contributed by atoms with Crippen LogP contribution in [-0.2, 0) is 6.54 Å². The van der Waals surface area contributed by atoms with E-state index in [-0.39, 0.29) is 6.42 Å². The molecule has 0 fully saturated rings. The van der Waals surface area contributed by atoms with Gasteiger partial charge >= 0.3 is 0 Å². The maximum atomic E-state index is 13.7. The number of anilines is 1. The minimum absolute atomic E-state index is 0.204. The van der Waals surface area contributed by atoms with Gasteiger partial charge in [0.25, 0.3) is 0 Å². The van der Waals surface area contributed by atoms with Crippen LogP contribution in [0, 0.1) is 40.4 Å². The molecule has 0 saturated heterocycles. The van der Waals surface area contributed by atoms with Gasteiger partial charge in [-0.3, -0.25) is 10.1 Å². The lowest BCUT2D eigenvalue weighted by Gasteiger charge is -2.06. The molecule has 1 heterocycles. The quantitative estimate of drug-likeness (QED) is 0.214. The van der Waals surface area contributed by atoms with Gasteiger partial charge in [0.1, 0.15) is 11.4 Å². The lowest BCUT2D eigenvalue weighted by atomic mass is 10.1. The van der Waals surface area contributed by atoms with Crippen molar-refractivity contribution < 1.29 is 22.0 Å². The van der Waals surface area contributed by atoms with Crippen molar-refractivity contribution in [2.75, 3.05) is 5.43 Å². The van der Waals surface area contributed by atoms with E-state index >= 15 is 0 Å². The molecule has 0 aliphatic heterocycles. The van der Waals surface area contributed by atoms with Gasteiger partial charge < -0.3 is 0 Å². The van der Waals surface area contributed by atoms with Crippen LogP contribution >= 0.6 is 0 Å². The summed E-state index contributed by atoms with van der Waals surface area (Å²) in [5.41, 5.74) is 2.17. The second kappa shape index (κ2) is 8.52. The summed E-state index contributed by atoms with van der Waals surface area (Å²) in [5.74, 6) is -10.4. The molecule has 0 bridgehead atoms. The monoisotopic (exact) mass is 405 g/mol. The molecule has 1 N–H and O–H groups in total. The third-order valence-electron chi connectivity index (χ3n) is 3.88. The van der Waals surface area contributed by atoms with Crippen LogP contribution in [0.1, 0.15) is 12.0 Å². The maximum absolute atomic E-state index is 13.7. The highest BCUT2D eigenvalue weighted by atomic mass is 19.2. The van der Waals surface area contributed by atoms with Crippen molar-refractivity contribution in [3.05, 3.63) is 71.2 Å². The molecule has 2 aromatic carbocycles. The van der Waals surface area contributed by atoms with Gasteiger partial charge in [-0.15, -0.1) is 0 Å². The lowest BCUT2D eigenvalue weighted by molar-refractivity contribution is 0.381. The first kappa shape index (κ1) is 20.0. The Bertz CT molecular complexity index is 1070. The van der Waals surface area contributed by atoms with Gasteiger partial charge in [-0.2, -0.15) is 15.5 Å². The van der Waals surface area contributed by atoms with Gasteiger partial charge in [0, 0.05) is 17.3 Å². The van der Waals surface area contributed by atoms with Crippen molar-refractivity contribution in [3.63, 3.8) is 0 Å². The highest BCUT2D eigenvalue weighted by Crippen LogP contribution is 2.27. The summed E-state index contributed by atoms with van der Waals surface area (Å²) in [4.78, 5) is 0. The van der Waals surface area contributed by atoms with Crippen LogP contribution in [-0.4, -0.2) is 16.0 Å². The standard InChI is InChI=1S/C19H12F5N5/c20-13-14(21)16(23)19(17(24)15(13)22)27-26-9-12-10-29(8-4-7-25)28-18(12)11-5-2-1-3-6-11/h1-3,5-6,9-10,27H,4,8H2/b26-9-. The molecular formula is C19H12F5N5. The van der Waals surface area contributed by atoms with Crippen molar-refractivity contribution in [2.45, 2.75) is 13.0 Å². The van der Waals surface area contributed by atoms with E-state index in [4.69, 9.17) is 5.26 Å². The van der Waals surface area contributed by atoms with Crippen LogP contribution in [0.25, 0.3) is 11.3 Å². The van der Waals surface area contributed by atoms with E-state index in [9.17, 15) is 22.0 Å². The largest absolute Gasteiger partial charge is 0.272 e. The van der Waals surface area contributed by atoms with Crippen LogP contribution in [0.5, 0.6) is 0 Å². The molecule has 0 aliphatic carbocycles. The Morgan fingerprint density at radius 1 is 1.00 bits per heavy atom. The van der Waals surface area contributed by atoms with E-state index in [0.717, 1.165) is 6.21 Å². The number of benzene rings is 2. The number of halogens is 5. The average Bonchev–Trinajstić information content (AvgIpc) is 3.15. The molecule has 0 atom stereocenters. The number of hydrazone groups is 1. The third kappa shape index (κ3) is 4.08. The number of nitrogens with zero attached hydrogens (tertiary/aromatic N) is 4. The van der Waals surface area contributed by atoms with Crippen molar-refractivity contribution >= 4 is 11.9 Å². The maximum Gasteiger partial charge on any atom is 0.200 e. The molecule has 0 saturated carbocycles. The van der Waals surface area contributed by atoms with Gasteiger partial charge in [0.2, 0.25) is 5.82 Å². The minimum Gasteiger partial charge on any atom is -0.272 e. The molecule has 10 heteroatoms. The number of aromatic nitrogens is 2. The Labute approximate surface area is 161 Å². The summed E-state index contributed by atoms with van der Waals surface area (Å²) in [5, 5.41) is 16.7. The first-order valence-corrected chi connectivity index (χ1v) is 8.24. The van der Waals surface area contributed by atoms with Crippen LogP contribution in [0.15, 0.2) is 41.6 Å². The molecule has 0 unspecified atom stereocenters. The summed E-state index contributed by atoms with van der Waals surface area (Å²) >= 11 is 0. The molecule has 1 aromatic heterocycles. The highest BCUT2D eigenvalue weighted by molar-refractivity contribution is 5.88. The Morgan fingerprint density at radius 3 is 2.24 bits per heavy atom. The first-order valence-electron chi connectivity index (χ1n) is 8.24. The summed E-state index contributed by atoms with van der Waals surface area (Å²) in [6.07, 6.45) is 2.88. The Hall–Kier alpha value is -3.74. The normalized spacial score (nSPS) is 11.0. The summed E-state index contributed by atoms with van der Waals surface area (Å²) in [6, 6.07) is 10.9. The molecule has 5 nitrogen and oxygen atoms in total. The van der Waals surface area contributed by atoms with E-state index in [0.29, 0.717) is 23.4 Å². The van der Waals surface area contributed by atoms with Crippen molar-refractivity contribution in [1.82, 2.24) is 9.78 Å². The zero-order valence-electron chi connectivity index (χ0n) is 14.6. The van der Waals surface area contributed by atoms with Crippen molar-refractivity contribution in [1.29, 1.82) is 5.26 Å². The third-order valence-corrected chi connectivity index (χ3v) is 3.88. The van der Waals surface area contributed by atoms with Gasteiger partial charge in [-0.05, 0) is 0 Å². The van der Waals surface area contributed by atoms with E-state index in [1.165, 1.54) is 4.68 Å². The van der Waals surface area contributed by atoms with Crippen molar-refractivity contribution in [3.8, 4) is 17.3 Å². The molecule has 29 heavy (non-hydrogen) atoms. The SMILES string of the molecule is N#CCCn1cc(/C=N\Nc2c(F)c(F)c(F)c(F)c2F)c(-c2ccccc2)n1. The number of rotatable bonds is 6. The van der Waals surface area contributed by atoms with E-state index < -0.39 is 34.8 Å². The predicted octanol–water partition coefficient (Wildman–Crippen LogP) is 4.61. The topological polar surface area (TPSA) is 66.0 Å². The Morgan fingerprint density at radius 2 is 1.62 bits per heavy atom. The highest BCUT2D eigenvalue weighted by Gasteiger charge is 2.25. The molecule has 3 aromatic rings. The second-order valence-electron chi connectivity index (χ2n) is 5.79. The fourth-order valence-corrected chi connectivity index (χ4v) is 2.50. The van der Waals surface area contributed by atoms with E-state index in [1.54, 1.807) is 36.5 Å². The van der Waals surface area contributed by atoms with E-state index in [2.05, 4.69) is 10.2 Å². The van der Waals surface area contributed by atoms with Crippen LogP contribution in [0.4, 0.5) is 27.6 Å². The Kier molecular flexibility index (Phi) is 5.87. The Balaban J connectivity index is 1.93. The predicted molar refractivity (Wildman–Crippen MR) is 95.3 cm³/mol. The van der Waals surface area contributed by atoms with Crippen LogP contribution < -0.4 is 5.43 Å². The first-order chi connectivity index (χ1) is 13.9. The lowest BCUT2D eigenvalue weighted by Crippen LogP contribution is -2.06. The molecule has 148 valence electrons. The second-order valence-corrected chi connectivity index (χ2v) is 5.79. The zero-order valence-corrected chi connectivity index (χ0v) is 14.6. The molecule has 0 aliphatic rings. The van der Waals surface area contributed by atoms with Crippen LogP contribution in [0.2, 0.25) is 0 Å². The zero-order chi connectivity index (χ0) is 21.0. The molecular weight excluding hydrogens is 393 g/mol. The molecule has 0 amide bonds. The van der Waals surface area contributed by atoms with E-state index in [1.807, 2.05) is 11.5 Å². The van der Waals surface area contributed by atoms with Gasteiger partial charge in [-0.25, -0.2) is 22.0 Å². The molecule has 3 rings (SSSR count). The van der Waals surface area contributed by atoms with Crippen molar-refractivity contribution in [2.24, 2.45) is 5.10 Å². The van der Waals surface area contributed by atoms with Gasteiger partial charge in [-0.1, -0.05) is 30.3 Å². The number of aryl methyl sites for hydroxylation is 1. The van der Waals surface area contributed by atoms with Crippen LogP contribution in [0.3, 0.4) is 0 Å². The number of hydrogen-bond donors (Lipinski definition) is 1. The molecule has 0 radical (unpaired) electrons. The fourth-order valence-electron chi connectivity index (χ4n) is 2.50. The van der Waals surface area contributed by atoms with Gasteiger partial charge in [0.15, 0.2) is 23.3 Å². The fraction of sp³-hybridized carbons (Fsp3) is 0.105. The minimum atomic E-state index is -2.25. The summed E-state index contributed by atoms with van der Waals surface area (Å²) < 4.78 is 68.6. The smallest absolute Gasteiger partial charge is 0.200 e.